The van der Waals surface area contributed by atoms with Crippen molar-refractivity contribution in [1.82, 2.24) is 4.31 Å². The molecule has 0 radical (unpaired) electrons. The van der Waals surface area contributed by atoms with Crippen molar-refractivity contribution in [2.45, 2.75) is 29.2 Å². The van der Waals surface area contributed by atoms with E-state index in [1.54, 1.807) is 11.8 Å². The summed E-state index contributed by atoms with van der Waals surface area (Å²) in [4.78, 5) is 10.1. The van der Waals surface area contributed by atoms with Crippen molar-refractivity contribution in [3.8, 4) is 0 Å². The van der Waals surface area contributed by atoms with Crippen molar-refractivity contribution in [1.29, 1.82) is 0 Å². The highest BCUT2D eigenvalue weighted by Gasteiger charge is 2.36. The molecule has 21 heavy (non-hydrogen) atoms. The Morgan fingerprint density at radius 1 is 1.33 bits per heavy atom. The number of rotatable bonds is 3. The summed E-state index contributed by atoms with van der Waals surface area (Å²) in [6.07, 6.45) is 0. The van der Waals surface area contributed by atoms with Gasteiger partial charge in [0.15, 0.2) is 4.90 Å². The van der Waals surface area contributed by atoms with E-state index in [1.165, 1.54) is 16.4 Å². The van der Waals surface area contributed by atoms with Crippen molar-refractivity contribution in [3.05, 3.63) is 28.3 Å². The molecule has 2 atom stereocenters. The molecule has 0 aliphatic carbocycles. The van der Waals surface area contributed by atoms with Crippen molar-refractivity contribution in [2.24, 2.45) is 0 Å². The third-order valence-corrected chi connectivity index (χ3v) is 6.29. The van der Waals surface area contributed by atoms with Gasteiger partial charge in [-0.25, -0.2) is 8.42 Å². The SMILES string of the molecule is CC1CN(S(=O)(=O)c2ccc(N)cc2[N+](=O)[O-])CC(C)S1. The van der Waals surface area contributed by atoms with Crippen LogP contribution in [0.3, 0.4) is 0 Å². The molecule has 1 aromatic carbocycles. The molecule has 0 amide bonds. The minimum Gasteiger partial charge on any atom is -0.399 e. The number of sulfonamides is 1. The minimum absolute atomic E-state index is 0.149. The lowest BCUT2D eigenvalue weighted by atomic mass is 10.3. The van der Waals surface area contributed by atoms with Crippen LogP contribution in [0.2, 0.25) is 0 Å². The van der Waals surface area contributed by atoms with E-state index in [-0.39, 0.29) is 21.1 Å². The molecule has 1 aliphatic heterocycles. The summed E-state index contributed by atoms with van der Waals surface area (Å²) in [6.45, 7) is 4.58. The van der Waals surface area contributed by atoms with Crippen LogP contribution in [0.4, 0.5) is 11.4 Å². The summed E-state index contributed by atoms with van der Waals surface area (Å²) < 4.78 is 26.7. The van der Waals surface area contributed by atoms with Crippen LogP contribution in [0.25, 0.3) is 0 Å². The number of nitrogens with two attached hydrogens (primary N) is 1. The molecule has 1 saturated heterocycles. The predicted molar refractivity (Wildman–Crippen MR) is 82.8 cm³/mol. The van der Waals surface area contributed by atoms with Gasteiger partial charge in [-0.15, -0.1) is 0 Å². The number of hydrogen-bond acceptors (Lipinski definition) is 6. The summed E-state index contributed by atoms with van der Waals surface area (Å²) in [7, 11) is -3.90. The Kier molecular flexibility index (Phi) is 4.45. The van der Waals surface area contributed by atoms with Crippen LogP contribution in [-0.4, -0.2) is 41.2 Å². The molecular weight excluding hydrogens is 314 g/mol. The normalized spacial score (nSPS) is 23.9. The van der Waals surface area contributed by atoms with Crippen molar-refractivity contribution < 1.29 is 13.3 Å². The molecule has 0 aromatic heterocycles. The van der Waals surface area contributed by atoms with Gasteiger partial charge >= 0.3 is 0 Å². The average molecular weight is 331 g/mol. The lowest BCUT2D eigenvalue weighted by Crippen LogP contribution is -2.44. The Morgan fingerprint density at radius 3 is 2.43 bits per heavy atom. The fourth-order valence-electron chi connectivity index (χ4n) is 2.36. The van der Waals surface area contributed by atoms with E-state index in [2.05, 4.69) is 0 Å². The Balaban J connectivity index is 2.47. The maximum Gasteiger partial charge on any atom is 0.291 e. The summed E-state index contributed by atoms with van der Waals surface area (Å²) >= 11 is 1.71. The number of nitro benzene ring substituents is 1. The van der Waals surface area contributed by atoms with E-state index in [4.69, 9.17) is 5.73 Å². The number of nitrogen functional groups attached to an aromatic ring is 1. The third kappa shape index (κ3) is 3.30. The van der Waals surface area contributed by atoms with E-state index in [0.29, 0.717) is 13.1 Å². The molecule has 2 unspecified atom stereocenters. The second-order valence-electron chi connectivity index (χ2n) is 5.06. The zero-order chi connectivity index (χ0) is 15.8. The number of thioether (sulfide) groups is 1. The largest absolute Gasteiger partial charge is 0.399 e. The van der Waals surface area contributed by atoms with Gasteiger partial charge in [-0.05, 0) is 12.1 Å². The molecule has 0 bridgehead atoms. The van der Waals surface area contributed by atoms with E-state index in [0.717, 1.165) is 6.07 Å². The second kappa shape index (κ2) is 5.82. The highest BCUT2D eigenvalue weighted by atomic mass is 32.2. The number of anilines is 1. The van der Waals surface area contributed by atoms with Gasteiger partial charge in [0.1, 0.15) is 0 Å². The van der Waals surface area contributed by atoms with E-state index < -0.39 is 20.6 Å². The molecular formula is C12H17N3O4S2. The second-order valence-corrected chi connectivity index (χ2v) is 8.85. The monoisotopic (exact) mass is 331 g/mol. The molecule has 1 aromatic rings. The first-order valence-corrected chi connectivity index (χ1v) is 8.79. The average Bonchev–Trinajstić information content (AvgIpc) is 2.37. The molecule has 1 heterocycles. The van der Waals surface area contributed by atoms with Crippen LogP contribution in [-0.2, 0) is 10.0 Å². The molecule has 7 nitrogen and oxygen atoms in total. The number of nitrogens with zero attached hydrogens (tertiary/aromatic N) is 2. The Labute approximate surface area is 127 Å². The Hall–Kier alpha value is -1.32. The number of hydrogen-bond donors (Lipinski definition) is 1. The first kappa shape index (κ1) is 16.1. The zero-order valence-electron chi connectivity index (χ0n) is 11.7. The first-order chi connectivity index (χ1) is 9.71. The predicted octanol–water partition coefficient (Wildman–Crippen LogP) is 1.69. The maximum absolute atomic E-state index is 12.7. The van der Waals surface area contributed by atoms with Crippen molar-refractivity contribution >= 4 is 33.2 Å². The minimum atomic E-state index is -3.90. The molecule has 1 fully saturated rings. The molecule has 2 rings (SSSR count). The molecule has 0 saturated carbocycles. The van der Waals surface area contributed by atoms with Gasteiger partial charge in [-0.3, -0.25) is 10.1 Å². The molecule has 9 heteroatoms. The van der Waals surface area contributed by atoms with Gasteiger partial charge in [0.25, 0.3) is 5.69 Å². The zero-order valence-corrected chi connectivity index (χ0v) is 13.4. The van der Waals surface area contributed by atoms with Crippen LogP contribution < -0.4 is 5.73 Å². The summed E-state index contributed by atoms with van der Waals surface area (Å²) in [6, 6.07) is 3.66. The van der Waals surface area contributed by atoms with E-state index in [1.807, 2.05) is 13.8 Å². The standard InChI is InChI=1S/C12H17N3O4S2/c1-8-6-14(7-9(2)20-8)21(18,19)12-4-3-10(13)5-11(12)15(16)17/h3-5,8-9H,6-7,13H2,1-2H3. The topological polar surface area (TPSA) is 107 Å². The van der Waals surface area contributed by atoms with Crippen molar-refractivity contribution in [3.63, 3.8) is 0 Å². The number of benzene rings is 1. The first-order valence-electron chi connectivity index (χ1n) is 6.41. The maximum atomic E-state index is 12.7. The third-order valence-electron chi connectivity index (χ3n) is 3.18. The van der Waals surface area contributed by atoms with Crippen molar-refractivity contribution in [2.75, 3.05) is 18.8 Å². The molecule has 1 aliphatic rings. The fraction of sp³-hybridized carbons (Fsp3) is 0.500. The van der Waals surface area contributed by atoms with Crippen LogP contribution in [0.1, 0.15) is 13.8 Å². The molecule has 2 N–H and O–H groups in total. The van der Waals surface area contributed by atoms with E-state index in [9.17, 15) is 18.5 Å². The van der Waals surface area contributed by atoms with Gasteiger partial charge < -0.3 is 5.73 Å². The van der Waals surface area contributed by atoms with Gasteiger partial charge in [-0.2, -0.15) is 16.1 Å². The van der Waals surface area contributed by atoms with E-state index >= 15 is 0 Å². The Morgan fingerprint density at radius 2 is 1.90 bits per heavy atom. The lowest BCUT2D eigenvalue weighted by Gasteiger charge is -2.33. The van der Waals surface area contributed by atoms with Crippen LogP contribution in [0.5, 0.6) is 0 Å². The van der Waals surface area contributed by atoms with Crippen LogP contribution >= 0.6 is 11.8 Å². The van der Waals surface area contributed by atoms with Crippen LogP contribution in [0.15, 0.2) is 23.1 Å². The quantitative estimate of drug-likeness (QED) is 0.513. The van der Waals surface area contributed by atoms with Gasteiger partial charge in [0.2, 0.25) is 10.0 Å². The van der Waals surface area contributed by atoms with Gasteiger partial charge in [0.05, 0.1) is 4.92 Å². The summed E-state index contributed by atoms with van der Waals surface area (Å²) in [5.41, 5.74) is 5.20. The number of nitro groups is 1. The smallest absolute Gasteiger partial charge is 0.291 e. The Bertz CT molecular complexity index is 652. The van der Waals surface area contributed by atoms with Gasteiger partial charge in [-0.1, -0.05) is 13.8 Å². The van der Waals surface area contributed by atoms with Crippen LogP contribution in [0, 0.1) is 10.1 Å². The van der Waals surface area contributed by atoms with Gasteiger partial charge in [0, 0.05) is 35.3 Å². The lowest BCUT2D eigenvalue weighted by molar-refractivity contribution is -0.387. The summed E-state index contributed by atoms with van der Waals surface area (Å²) in [5.74, 6) is 0. The highest BCUT2D eigenvalue weighted by Crippen LogP contribution is 2.33. The fourth-order valence-corrected chi connectivity index (χ4v) is 5.63. The molecule has 116 valence electrons. The summed E-state index contributed by atoms with van der Waals surface area (Å²) in [5, 5.41) is 11.4. The highest BCUT2D eigenvalue weighted by molar-refractivity contribution is 8.00. The molecule has 0 spiro atoms.